The zero-order valence-electron chi connectivity index (χ0n) is 9.39. The van der Waals surface area contributed by atoms with E-state index in [4.69, 9.17) is 12.2 Å². The van der Waals surface area contributed by atoms with Crippen molar-refractivity contribution >= 4 is 12.2 Å². The fourth-order valence-corrected chi connectivity index (χ4v) is 2.11. The first-order valence-electron chi connectivity index (χ1n) is 5.53. The Balaban J connectivity index is 1.97. The first-order valence-corrected chi connectivity index (χ1v) is 5.94. The van der Waals surface area contributed by atoms with Gasteiger partial charge in [0, 0.05) is 18.9 Å². The van der Waals surface area contributed by atoms with E-state index in [1.165, 1.54) is 5.56 Å². The van der Waals surface area contributed by atoms with Gasteiger partial charge in [0.25, 0.3) is 0 Å². The molecule has 0 fully saturated rings. The fraction of sp³-hybridized carbons (Fsp3) is 0.308. The third-order valence-electron chi connectivity index (χ3n) is 2.66. The molecule has 1 aromatic carbocycles. The lowest BCUT2D eigenvalue weighted by atomic mass is 10.0. The summed E-state index contributed by atoms with van der Waals surface area (Å²) in [5.41, 5.74) is 1.39. The quantitative estimate of drug-likeness (QED) is 0.801. The number of H-pyrrole nitrogens is 1. The molecule has 84 valence electrons. The second kappa shape index (κ2) is 5.12. The topological polar surface area (TPSA) is 20.7 Å². The van der Waals surface area contributed by atoms with Crippen LogP contribution < -0.4 is 0 Å². The van der Waals surface area contributed by atoms with Crippen molar-refractivity contribution in [1.29, 1.82) is 0 Å². The van der Waals surface area contributed by atoms with Gasteiger partial charge in [-0.05, 0) is 30.1 Å². The van der Waals surface area contributed by atoms with Gasteiger partial charge in [-0.1, -0.05) is 37.3 Å². The van der Waals surface area contributed by atoms with Gasteiger partial charge in [0.1, 0.15) is 0 Å². The molecule has 2 rings (SSSR count). The van der Waals surface area contributed by atoms with Crippen molar-refractivity contribution in [3.05, 3.63) is 53.1 Å². The summed E-state index contributed by atoms with van der Waals surface area (Å²) >= 11 is 5.18. The molecule has 1 aromatic heterocycles. The predicted molar refractivity (Wildman–Crippen MR) is 68.9 cm³/mol. The molecule has 0 saturated heterocycles. The first-order chi connectivity index (χ1) is 7.75. The largest absolute Gasteiger partial charge is 0.337 e. The van der Waals surface area contributed by atoms with Gasteiger partial charge >= 0.3 is 0 Å². The lowest BCUT2D eigenvalue weighted by Gasteiger charge is -2.12. The minimum absolute atomic E-state index is 0.588. The van der Waals surface area contributed by atoms with Crippen LogP contribution in [0.4, 0.5) is 0 Å². The summed E-state index contributed by atoms with van der Waals surface area (Å²) in [5, 5.41) is 0. The van der Waals surface area contributed by atoms with Gasteiger partial charge in [0.15, 0.2) is 4.77 Å². The minimum atomic E-state index is 0.588. The summed E-state index contributed by atoms with van der Waals surface area (Å²) < 4.78 is 2.89. The Morgan fingerprint density at radius 3 is 2.69 bits per heavy atom. The molecule has 1 heterocycles. The van der Waals surface area contributed by atoms with Crippen LogP contribution in [0.3, 0.4) is 0 Å². The molecule has 0 aliphatic carbocycles. The Hall–Kier alpha value is -1.35. The third-order valence-corrected chi connectivity index (χ3v) is 3.01. The van der Waals surface area contributed by atoms with Gasteiger partial charge in [-0.25, -0.2) is 0 Å². The van der Waals surface area contributed by atoms with Crippen molar-refractivity contribution in [3.8, 4) is 0 Å². The van der Waals surface area contributed by atoms with E-state index in [9.17, 15) is 0 Å². The van der Waals surface area contributed by atoms with Crippen LogP contribution in [0.25, 0.3) is 0 Å². The Morgan fingerprint density at radius 1 is 1.31 bits per heavy atom. The normalized spacial score (nSPS) is 12.6. The number of imidazole rings is 1. The number of nitrogens with zero attached hydrogens (tertiary/aromatic N) is 1. The van der Waals surface area contributed by atoms with Crippen LogP contribution in [0.2, 0.25) is 0 Å². The van der Waals surface area contributed by atoms with Gasteiger partial charge in [-0.2, -0.15) is 0 Å². The molecule has 16 heavy (non-hydrogen) atoms. The van der Waals surface area contributed by atoms with E-state index in [0.717, 1.165) is 17.7 Å². The molecular weight excluding hydrogens is 216 g/mol. The average Bonchev–Trinajstić information content (AvgIpc) is 2.66. The van der Waals surface area contributed by atoms with E-state index >= 15 is 0 Å². The molecule has 2 nitrogen and oxygen atoms in total. The number of aromatic amines is 1. The smallest absolute Gasteiger partial charge is 0.177 e. The van der Waals surface area contributed by atoms with Crippen LogP contribution in [0.15, 0.2) is 42.7 Å². The SMILES string of the molecule is C[C@@H](Cc1ccccc1)Cn1cc[nH]c1=S. The Bertz CT molecular complexity index is 484. The highest BCUT2D eigenvalue weighted by molar-refractivity contribution is 7.71. The highest BCUT2D eigenvalue weighted by Crippen LogP contribution is 2.10. The van der Waals surface area contributed by atoms with Crippen LogP contribution in [-0.4, -0.2) is 9.55 Å². The van der Waals surface area contributed by atoms with Crippen molar-refractivity contribution in [1.82, 2.24) is 9.55 Å². The van der Waals surface area contributed by atoms with E-state index < -0.39 is 0 Å². The van der Waals surface area contributed by atoms with Crippen LogP contribution in [-0.2, 0) is 13.0 Å². The molecule has 3 heteroatoms. The predicted octanol–water partition coefficient (Wildman–Crippen LogP) is 3.42. The maximum Gasteiger partial charge on any atom is 0.177 e. The second-order valence-corrected chi connectivity index (χ2v) is 4.60. The summed E-state index contributed by atoms with van der Waals surface area (Å²) in [6, 6.07) is 10.6. The third kappa shape index (κ3) is 2.83. The van der Waals surface area contributed by atoms with Crippen LogP contribution >= 0.6 is 12.2 Å². The summed E-state index contributed by atoms with van der Waals surface area (Å²) in [4.78, 5) is 3.02. The van der Waals surface area contributed by atoms with Crippen LogP contribution in [0, 0.1) is 10.7 Å². The first kappa shape index (κ1) is 11.1. The fourth-order valence-electron chi connectivity index (χ4n) is 1.91. The number of nitrogens with one attached hydrogen (secondary N) is 1. The zero-order chi connectivity index (χ0) is 11.4. The Labute approximate surface area is 101 Å². The van der Waals surface area contributed by atoms with E-state index in [2.05, 4.69) is 46.8 Å². The molecule has 1 atom stereocenters. The van der Waals surface area contributed by atoms with Gasteiger partial charge in [0.05, 0.1) is 0 Å². The lowest BCUT2D eigenvalue weighted by Crippen LogP contribution is -2.09. The van der Waals surface area contributed by atoms with Gasteiger partial charge in [-0.3, -0.25) is 0 Å². The molecule has 0 amide bonds. The van der Waals surface area contributed by atoms with Crippen molar-refractivity contribution in [3.63, 3.8) is 0 Å². The summed E-state index contributed by atoms with van der Waals surface area (Å²) in [7, 11) is 0. The maximum absolute atomic E-state index is 5.18. The maximum atomic E-state index is 5.18. The number of rotatable bonds is 4. The minimum Gasteiger partial charge on any atom is -0.337 e. The van der Waals surface area contributed by atoms with Crippen molar-refractivity contribution in [2.45, 2.75) is 19.9 Å². The zero-order valence-corrected chi connectivity index (χ0v) is 10.2. The highest BCUT2D eigenvalue weighted by Gasteiger charge is 2.04. The van der Waals surface area contributed by atoms with E-state index in [-0.39, 0.29) is 0 Å². The number of aromatic nitrogens is 2. The molecular formula is C13H16N2S. The van der Waals surface area contributed by atoms with Gasteiger partial charge < -0.3 is 9.55 Å². The Kier molecular flexibility index (Phi) is 3.57. The Morgan fingerprint density at radius 2 is 2.06 bits per heavy atom. The molecule has 1 N–H and O–H groups in total. The summed E-state index contributed by atoms with van der Waals surface area (Å²) in [5.74, 6) is 0.588. The highest BCUT2D eigenvalue weighted by atomic mass is 32.1. The molecule has 0 unspecified atom stereocenters. The number of benzene rings is 1. The van der Waals surface area contributed by atoms with E-state index in [1.54, 1.807) is 0 Å². The molecule has 0 spiro atoms. The molecule has 0 saturated carbocycles. The van der Waals surface area contributed by atoms with Crippen molar-refractivity contribution < 1.29 is 0 Å². The molecule has 0 aliphatic heterocycles. The molecule has 0 radical (unpaired) electrons. The number of hydrogen-bond acceptors (Lipinski definition) is 1. The summed E-state index contributed by atoms with van der Waals surface area (Å²) in [6.07, 6.45) is 4.98. The standard InChI is InChI=1S/C13H16N2S/c1-11(9-12-5-3-2-4-6-12)10-15-8-7-14-13(15)16/h2-8,11H,9-10H2,1H3,(H,14,16)/t11-/m0/s1. The molecule has 0 bridgehead atoms. The summed E-state index contributed by atoms with van der Waals surface area (Å²) in [6.45, 7) is 3.22. The van der Waals surface area contributed by atoms with Crippen LogP contribution in [0.5, 0.6) is 0 Å². The van der Waals surface area contributed by atoms with Crippen molar-refractivity contribution in [2.24, 2.45) is 5.92 Å². The molecule has 0 aliphatic rings. The molecule has 2 aromatic rings. The second-order valence-electron chi connectivity index (χ2n) is 4.21. The van der Waals surface area contributed by atoms with E-state index in [0.29, 0.717) is 5.92 Å². The monoisotopic (exact) mass is 232 g/mol. The van der Waals surface area contributed by atoms with E-state index in [1.807, 2.05) is 12.4 Å². The van der Waals surface area contributed by atoms with Gasteiger partial charge in [-0.15, -0.1) is 0 Å². The van der Waals surface area contributed by atoms with Gasteiger partial charge in [0.2, 0.25) is 0 Å². The average molecular weight is 232 g/mol. The van der Waals surface area contributed by atoms with Crippen molar-refractivity contribution in [2.75, 3.05) is 0 Å². The lowest BCUT2D eigenvalue weighted by molar-refractivity contribution is 0.476. The number of hydrogen-bond donors (Lipinski definition) is 1. The van der Waals surface area contributed by atoms with Crippen LogP contribution in [0.1, 0.15) is 12.5 Å².